The Bertz CT molecular complexity index is 1080. The second kappa shape index (κ2) is 5.78. The normalized spacial score (nSPS) is 18.5. The molecule has 0 bridgehead atoms. The van der Waals surface area contributed by atoms with Gasteiger partial charge in [-0.3, -0.25) is 10.1 Å². The Morgan fingerprint density at radius 2 is 2.16 bits per heavy atom. The van der Waals surface area contributed by atoms with Crippen LogP contribution < -0.4 is 5.32 Å². The molecule has 25 heavy (non-hydrogen) atoms. The highest BCUT2D eigenvalue weighted by Crippen LogP contribution is 2.28. The summed E-state index contributed by atoms with van der Waals surface area (Å²) in [6, 6.07) is 5.90. The van der Waals surface area contributed by atoms with E-state index >= 15 is 0 Å². The number of aryl methyl sites for hydroxylation is 1. The predicted octanol–water partition coefficient (Wildman–Crippen LogP) is 2.04. The van der Waals surface area contributed by atoms with Crippen molar-refractivity contribution in [1.82, 2.24) is 9.88 Å². The summed E-state index contributed by atoms with van der Waals surface area (Å²) in [5, 5.41) is 3.34. The van der Waals surface area contributed by atoms with Crippen LogP contribution in [0.2, 0.25) is 0 Å². The minimum absolute atomic E-state index is 0.0626. The Balaban J connectivity index is 1.56. The van der Waals surface area contributed by atoms with Crippen LogP contribution in [0, 0.1) is 6.92 Å². The highest BCUT2D eigenvalue weighted by atomic mass is 32.2. The molecule has 0 spiro atoms. The van der Waals surface area contributed by atoms with E-state index in [-0.39, 0.29) is 18.2 Å². The zero-order valence-corrected chi connectivity index (χ0v) is 14.9. The van der Waals surface area contributed by atoms with E-state index in [2.05, 4.69) is 14.7 Å². The van der Waals surface area contributed by atoms with Gasteiger partial charge in [-0.15, -0.1) is 4.40 Å². The van der Waals surface area contributed by atoms with Gasteiger partial charge in [-0.25, -0.2) is 13.4 Å². The summed E-state index contributed by atoms with van der Waals surface area (Å²) >= 11 is 1.42. The second-order valence-corrected chi connectivity index (χ2v) is 8.53. The molecule has 1 aromatic heterocycles. The number of benzene rings is 1. The Morgan fingerprint density at radius 3 is 2.96 bits per heavy atom. The first-order valence-electron chi connectivity index (χ1n) is 7.58. The van der Waals surface area contributed by atoms with E-state index in [1.807, 2.05) is 25.1 Å². The second-order valence-electron chi connectivity index (χ2n) is 5.74. The highest BCUT2D eigenvalue weighted by molar-refractivity contribution is 7.90. The van der Waals surface area contributed by atoms with E-state index in [0.717, 1.165) is 15.8 Å². The number of hydrogen-bond acceptors (Lipinski definition) is 6. The number of hydrogen-bond donors (Lipinski definition) is 1. The number of nitrogens with zero attached hydrogens (tertiary/aromatic N) is 3. The van der Waals surface area contributed by atoms with Gasteiger partial charge in [0, 0.05) is 12.7 Å². The van der Waals surface area contributed by atoms with Crippen LogP contribution in [0.1, 0.15) is 5.56 Å². The maximum Gasteiger partial charge on any atom is 0.258 e. The molecule has 0 atom stereocenters. The highest BCUT2D eigenvalue weighted by Gasteiger charge is 2.25. The standard InChI is InChI=1S/C16H14N4O3S2/c1-10-3-2-4-12-14(10)17-16(24-12)18-15(21)11-5-6-13-19-25(22,23)8-7-20(13)9-11/h2-6,9H,7-8H2,1H3,(H,17,18,21). The van der Waals surface area contributed by atoms with Crippen LogP contribution in [0.25, 0.3) is 10.2 Å². The largest absolute Gasteiger partial charge is 0.330 e. The first kappa shape index (κ1) is 16.0. The molecule has 0 saturated heterocycles. The quantitative estimate of drug-likeness (QED) is 0.868. The van der Waals surface area contributed by atoms with Gasteiger partial charge >= 0.3 is 0 Å². The summed E-state index contributed by atoms with van der Waals surface area (Å²) in [7, 11) is -3.40. The van der Waals surface area contributed by atoms with E-state index < -0.39 is 10.0 Å². The molecule has 9 heteroatoms. The average Bonchev–Trinajstić information content (AvgIpc) is 2.97. The van der Waals surface area contributed by atoms with Crippen molar-refractivity contribution in [2.24, 2.45) is 4.40 Å². The van der Waals surface area contributed by atoms with E-state index in [9.17, 15) is 13.2 Å². The Labute approximate surface area is 148 Å². The molecular formula is C16H14N4O3S2. The summed E-state index contributed by atoms with van der Waals surface area (Å²) in [6.45, 7) is 2.26. The molecule has 1 amide bonds. The van der Waals surface area contributed by atoms with Crippen LogP contribution in [-0.4, -0.2) is 42.3 Å². The minimum atomic E-state index is -3.40. The molecule has 1 aromatic carbocycles. The molecule has 2 aromatic rings. The Kier molecular flexibility index (Phi) is 3.69. The number of thiazole rings is 1. The first-order valence-corrected chi connectivity index (χ1v) is 10.0. The summed E-state index contributed by atoms with van der Waals surface area (Å²) in [4.78, 5) is 18.6. The lowest BCUT2D eigenvalue weighted by atomic mass is 10.2. The van der Waals surface area contributed by atoms with Gasteiger partial charge in [-0.2, -0.15) is 0 Å². The van der Waals surface area contributed by atoms with Gasteiger partial charge in [0.2, 0.25) is 0 Å². The molecule has 0 fully saturated rings. The van der Waals surface area contributed by atoms with Gasteiger partial charge in [-0.05, 0) is 30.7 Å². The van der Waals surface area contributed by atoms with Gasteiger partial charge in [0.25, 0.3) is 15.9 Å². The molecule has 0 radical (unpaired) electrons. The summed E-state index contributed by atoms with van der Waals surface area (Å²) in [6.07, 6.45) is 4.71. The Hall–Kier alpha value is -2.52. The van der Waals surface area contributed by atoms with Crippen molar-refractivity contribution in [3.8, 4) is 0 Å². The first-order chi connectivity index (χ1) is 11.9. The number of aromatic nitrogens is 1. The molecule has 1 N–H and O–H groups in total. The third-order valence-electron chi connectivity index (χ3n) is 3.93. The average molecular weight is 374 g/mol. The molecular weight excluding hydrogens is 360 g/mol. The third kappa shape index (κ3) is 3.08. The SMILES string of the molecule is Cc1cccc2sc(NC(=O)C3=CN4CCS(=O)(=O)N=C4C=C3)nc12. The van der Waals surface area contributed by atoms with Gasteiger partial charge in [0.15, 0.2) is 5.13 Å². The Morgan fingerprint density at radius 1 is 1.32 bits per heavy atom. The summed E-state index contributed by atoms with van der Waals surface area (Å²) in [5.41, 5.74) is 2.36. The van der Waals surface area contributed by atoms with Gasteiger partial charge in [0.05, 0.1) is 21.5 Å². The van der Waals surface area contributed by atoms with Crippen molar-refractivity contribution in [1.29, 1.82) is 0 Å². The molecule has 128 valence electrons. The van der Waals surface area contributed by atoms with Crippen LogP contribution in [0.4, 0.5) is 5.13 Å². The van der Waals surface area contributed by atoms with Crippen LogP contribution in [0.15, 0.2) is 46.5 Å². The van der Waals surface area contributed by atoms with Crippen LogP contribution in [-0.2, 0) is 14.8 Å². The molecule has 0 saturated carbocycles. The van der Waals surface area contributed by atoms with Gasteiger partial charge in [0.1, 0.15) is 5.84 Å². The van der Waals surface area contributed by atoms with Gasteiger partial charge in [-0.1, -0.05) is 23.5 Å². The fourth-order valence-corrected chi connectivity index (χ4v) is 4.55. The number of amidine groups is 1. The van der Waals surface area contributed by atoms with Crippen molar-refractivity contribution in [3.63, 3.8) is 0 Å². The summed E-state index contributed by atoms with van der Waals surface area (Å²) in [5.74, 6) is -0.0220. The van der Waals surface area contributed by atoms with Crippen molar-refractivity contribution in [2.75, 3.05) is 17.6 Å². The number of para-hydroxylation sites is 1. The number of carbonyl (C=O) groups is 1. The van der Waals surface area contributed by atoms with E-state index in [1.165, 1.54) is 17.4 Å². The molecule has 0 aliphatic carbocycles. The van der Waals surface area contributed by atoms with Crippen molar-refractivity contribution in [3.05, 3.63) is 47.7 Å². The fraction of sp³-hybridized carbons (Fsp3) is 0.188. The van der Waals surface area contributed by atoms with Crippen LogP contribution >= 0.6 is 11.3 Å². The van der Waals surface area contributed by atoms with Crippen molar-refractivity contribution >= 4 is 48.5 Å². The molecule has 4 rings (SSSR count). The molecule has 2 aliphatic heterocycles. The maximum absolute atomic E-state index is 12.5. The lowest BCUT2D eigenvalue weighted by molar-refractivity contribution is -0.112. The molecule has 2 aliphatic rings. The number of rotatable bonds is 2. The van der Waals surface area contributed by atoms with Crippen LogP contribution in [0.5, 0.6) is 0 Å². The van der Waals surface area contributed by atoms with E-state index in [4.69, 9.17) is 0 Å². The molecule has 0 unspecified atom stereocenters. The molecule has 3 heterocycles. The monoisotopic (exact) mass is 374 g/mol. The van der Waals surface area contributed by atoms with E-state index in [1.54, 1.807) is 17.2 Å². The number of anilines is 1. The minimum Gasteiger partial charge on any atom is -0.330 e. The number of fused-ring (bicyclic) bond motifs is 2. The lowest BCUT2D eigenvalue weighted by Gasteiger charge is -2.26. The number of carbonyl (C=O) groups excluding carboxylic acids is 1. The third-order valence-corrected chi connectivity index (χ3v) is 6.03. The van der Waals surface area contributed by atoms with Crippen LogP contribution in [0.3, 0.4) is 0 Å². The maximum atomic E-state index is 12.5. The topological polar surface area (TPSA) is 91.7 Å². The smallest absolute Gasteiger partial charge is 0.258 e. The molecule has 7 nitrogen and oxygen atoms in total. The van der Waals surface area contributed by atoms with Crippen molar-refractivity contribution < 1.29 is 13.2 Å². The fourth-order valence-electron chi connectivity index (χ4n) is 2.64. The number of amides is 1. The lowest BCUT2D eigenvalue weighted by Crippen LogP contribution is -2.37. The van der Waals surface area contributed by atoms with Crippen molar-refractivity contribution in [2.45, 2.75) is 6.92 Å². The summed E-state index contributed by atoms with van der Waals surface area (Å²) < 4.78 is 27.7. The van der Waals surface area contributed by atoms with Gasteiger partial charge < -0.3 is 4.90 Å². The zero-order chi connectivity index (χ0) is 17.6. The zero-order valence-electron chi connectivity index (χ0n) is 13.3. The van der Waals surface area contributed by atoms with E-state index in [0.29, 0.717) is 16.5 Å². The predicted molar refractivity (Wildman–Crippen MR) is 98.1 cm³/mol. The number of sulfonamides is 1. The number of nitrogens with one attached hydrogen (secondary N) is 1.